The van der Waals surface area contributed by atoms with Gasteiger partial charge in [-0.05, 0) is 29.3 Å². The molecule has 5 nitrogen and oxygen atoms in total. The third-order valence-electron chi connectivity index (χ3n) is 3.53. The van der Waals surface area contributed by atoms with Crippen LogP contribution in [0.1, 0.15) is 17.5 Å². The molecule has 0 aliphatic carbocycles. The maximum Gasteiger partial charge on any atom is 0.244 e. The van der Waals surface area contributed by atoms with Crippen molar-refractivity contribution in [1.82, 2.24) is 10.6 Å². The second-order valence-corrected chi connectivity index (χ2v) is 5.41. The molecular formula is C20H22N2O3. The van der Waals surface area contributed by atoms with Crippen LogP contribution in [0.25, 0.3) is 6.08 Å². The summed E-state index contributed by atoms with van der Waals surface area (Å²) in [5, 5.41) is 5.51. The summed E-state index contributed by atoms with van der Waals surface area (Å²) < 4.78 is 5.08. The number of methoxy groups -OCH3 is 1. The van der Waals surface area contributed by atoms with Crippen LogP contribution < -0.4 is 15.4 Å². The van der Waals surface area contributed by atoms with E-state index in [9.17, 15) is 9.59 Å². The Morgan fingerprint density at radius 3 is 2.40 bits per heavy atom. The van der Waals surface area contributed by atoms with Crippen LogP contribution in [0.4, 0.5) is 0 Å². The van der Waals surface area contributed by atoms with Gasteiger partial charge >= 0.3 is 0 Å². The van der Waals surface area contributed by atoms with E-state index in [-0.39, 0.29) is 18.2 Å². The maximum atomic E-state index is 11.7. The third-order valence-corrected chi connectivity index (χ3v) is 3.53. The molecule has 5 heteroatoms. The first-order valence-corrected chi connectivity index (χ1v) is 8.08. The van der Waals surface area contributed by atoms with E-state index in [1.165, 1.54) is 6.08 Å². The quantitative estimate of drug-likeness (QED) is 0.727. The number of ether oxygens (including phenoxy) is 1. The van der Waals surface area contributed by atoms with Gasteiger partial charge in [0.15, 0.2) is 0 Å². The molecule has 0 fully saturated rings. The van der Waals surface area contributed by atoms with Crippen molar-refractivity contribution in [2.24, 2.45) is 0 Å². The van der Waals surface area contributed by atoms with Crippen molar-refractivity contribution in [3.8, 4) is 5.75 Å². The molecule has 0 heterocycles. The van der Waals surface area contributed by atoms with Gasteiger partial charge in [-0.15, -0.1) is 0 Å². The minimum atomic E-state index is -0.230. The van der Waals surface area contributed by atoms with E-state index in [4.69, 9.17) is 4.74 Å². The van der Waals surface area contributed by atoms with Crippen LogP contribution in [-0.2, 0) is 16.1 Å². The molecule has 0 atom stereocenters. The number of rotatable bonds is 8. The Hall–Kier alpha value is -3.08. The molecule has 0 saturated carbocycles. The molecule has 2 rings (SSSR count). The molecule has 2 aromatic rings. The maximum absolute atomic E-state index is 11.7. The summed E-state index contributed by atoms with van der Waals surface area (Å²) >= 11 is 0. The monoisotopic (exact) mass is 338 g/mol. The largest absolute Gasteiger partial charge is 0.497 e. The highest BCUT2D eigenvalue weighted by Crippen LogP contribution is 2.12. The molecule has 0 bridgehead atoms. The normalized spacial score (nSPS) is 10.4. The Kier molecular flexibility index (Phi) is 7.25. The summed E-state index contributed by atoms with van der Waals surface area (Å²) in [4.78, 5) is 23.5. The molecule has 2 amide bonds. The van der Waals surface area contributed by atoms with Gasteiger partial charge in [0.2, 0.25) is 11.8 Å². The standard InChI is InChI=1S/C20H22N2O3/c1-25-18-10-7-16(8-11-18)9-12-19(23)21-14-13-20(24)22-15-17-5-3-2-4-6-17/h2-12H,13-15H2,1H3,(H,21,23)(H,22,24)/b12-9+. The van der Waals surface area contributed by atoms with Crippen LogP contribution >= 0.6 is 0 Å². The Labute approximate surface area is 147 Å². The molecule has 0 radical (unpaired) electrons. The van der Waals surface area contributed by atoms with Crippen LogP contribution in [0.5, 0.6) is 5.75 Å². The van der Waals surface area contributed by atoms with Gasteiger partial charge in [0.05, 0.1) is 7.11 Å². The van der Waals surface area contributed by atoms with E-state index in [1.807, 2.05) is 54.6 Å². The Bertz CT molecular complexity index is 709. The fourth-order valence-corrected chi connectivity index (χ4v) is 2.13. The first-order chi connectivity index (χ1) is 12.2. The molecule has 130 valence electrons. The summed E-state index contributed by atoms with van der Waals surface area (Å²) in [6.45, 7) is 0.789. The molecule has 2 aromatic carbocycles. The van der Waals surface area contributed by atoms with Gasteiger partial charge in [0.25, 0.3) is 0 Å². The number of carbonyl (C=O) groups is 2. The first kappa shape index (κ1) is 18.3. The Morgan fingerprint density at radius 2 is 1.72 bits per heavy atom. The van der Waals surface area contributed by atoms with E-state index in [0.717, 1.165) is 16.9 Å². The minimum Gasteiger partial charge on any atom is -0.497 e. The molecule has 2 N–H and O–H groups in total. The smallest absolute Gasteiger partial charge is 0.244 e. The fourth-order valence-electron chi connectivity index (χ4n) is 2.13. The number of nitrogens with one attached hydrogen (secondary N) is 2. The lowest BCUT2D eigenvalue weighted by Crippen LogP contribution is -2.29. The molecule has 0 spiro atoms. The van der Waals surface area contributed by atoms with Gasteiger partial charge in [0, 0.05) is 25.6 Å². The molecule has 0 saturated heterocycles. The number of benzene rings is 2. The van der Waals surface area contributed by atoms with Gasteiger partial charge in [0.1, 0.15) is 5.75 Å². The second-order valence-electron chi connectivity index (χ2n) is 5.41. The van der Waals surface area contributed by atoms with Crippen molar-refractivity contribution < 1.29 is 14.3 Å². The summed E-state index contributed by atoms with van der Waals surface area (Å²) in [6, 6.07) is 17.1. The zero-order valence-corrected chi connectivity index (χ0v) is 14.2. The predicted octanol–water partition coefficient (Wildman–Crippen LogP) is 2.53. The highest BCUT2D eigenvalue weighted by Gasteiger charge is 2.02. The van der Waals surface area contributed by atoms with Crippen LogP contribution in [0.2, 0.25) is 0 Å². The van der Waals surface area contributed by atoms with Gasteiger partial charge in [-0.25, -0.2) is 0 Å². The first-order valence-electron chi connectivity index (χ1n) is 8.08. The molecule has 0 aliphatic heterocycles. The topological polar surface area (TPSA) is 67.4 Å². The van der Waals surface area contributed by atoms with E-state index in [1.54, 1.807) is 13.2 Å². The summed E-state index contributed by atoms with van der Waals surface area (Å²) in [5.74, 6) is 0.443. The number of hydrogen-bond donors (Lipinski definition) is 2. The molecular weight excluding hydrogens is 316 g/mol. The average molecular weight is 338 g/mol. The third kappa shape index (κ3) is 6.91. The Morgan fingerprint density at radius 1 is 1.00 bits per heavy atom. The van der Waals surface area contributed by atoms with Gasteiger partial charge in [-0.2, -0.15) is 0 Å². The van der Waals surface area contributed by atoms with Crippen molar-refractivity contribution in [2.75, 3.05) is 13.7 Å². The van der Waals surface area contributed by atoms with Crippen molar-refractivity contribution in [1.29, 1.82) is 0 Å². The number of amides is 2. The summed E-state index contributed by atoms with van der Waals surface area (Å²) in [6.07, 6.45) is 3.41. The van der Waals surface area contributed by atoms with E-state index in [2.05, 4.69) is 10.6 Å². The number of hydrogen-bond acceptors (Lipinski definition) is 3. The second kappa shape index (κ2) is 9.93. The molecule has 0 aromatic heterocycles. The zero-order valence-electron chi connectivity index (χ0n) is 14.2. The van der Waals surface area contributed by atoms with Crippen LogP contribution in [-0.4, -0.2) is 25.5 Å². The summed E-state index contributed by atoms with van der Waals surface area (Å²) in [5.41, 5.74) is 1.94. The van der Waals surface area contributed by atoms with Crippen molar-refractivity contribution in [3.05, 3.63) is 71.8 Å². The molecule has 0 aliphatic rings. The van der Waals surface area contributed by atoms with E-state index < -0.39 is 0 Å². The molecule has 0 unspecified atom stereocenters. The SMILES string of the molecule is COc1ccc(/C=C/C(=O)NCCC(=O)NCc2ccccc2)cc1. The average Bonchev–Trinajstić information content (AvgIpc) is 2.66. The highest BCUT2D eigenvalue weighted by molar-refractivity contribution is 5.92. The van der Waals surface area contributed by atoms with Crippen molar-refractivity contribution in [2.45, 2.75) is 13.0 Å². The van der Waals surface area contributed by atoms with E-state index >= 15 is 0 Å². The van der Waals surface area contributed by atoms with Crippen LogP contribution in [0.15, 0.2) is 60.7 Å². The lowest BCUT2D eigenvalue weighted by Gasteiger charge is -2.05. The zero-order chi connectivity index (χ0) is 17.9. The van der Waals surface area contributed by atoms with Crippen LogP contribution in [0, 0.1) is 0 Å². The molecule has 25 heavy (non-hydrogen) atoms. The lowest BCUT2D eigenvalue weighted by atomic mass is 10.2. The number of carbonyl (C=O) groups excluding carboxylic acids is 2. The van der Waals surface area contributed by atoms with Crippen molar-refractivity contribution in [3.63, 3.8) is 0 Å². The highest BCUT2D eigenvalue weighted by atomic mass is 16.5. The fraction of sp³-hybridized carbons (Fsp3) is 0.200. The lowest BCUT2D eigenvalue weighted by molar-refractivity contribution is -0.121. The minimum absolute atomic E-state index is 0.0942. The van der Waals surface area contributed by atoms with Gasteiger partial charge < -0.3 is 15.4 Å². The van der Waals surface area contributed by atoms with E-state index in [0.29, 0.717) is 13.1 Å². The van der Waals surface area contributed by atoms with Gasteiger partial charge in [-0.1, -0.05) is 42.5 Å². The summed E-state index contributed by atoms with van der Waals surface area (Å²) in [7, 11) is 1.61. The van der Waals surface area contributed by atoms with Crippen molar-refractivity contribution >= 4 is 17.9 Å². The Balaban J connectivity index is 1.65. The van der Waals surface area contributed by atoms with Crippen LogP contribution in [0.3, 0.4) is 0 Å². The van der Waals surface area contributed by atoms with Gasteiger partial charge in [-0.3, -0.25) is 9.59 Å². The predicted molar refractivity (Wildman–Crippen MR) is 97.9 cm³/mol.